The Labute approximate surface area is 158 Å². The van der Waals surface area contributed by atoms with Crippen LogP contribution >= 0.6 is 0 Å². The molecule has 1 fully saturated rings. The summed E-state index contributed by atoms with van der Waals surface area (Å²) >= 11 is 0. The summed E-state index contributed by atoms with van der Waals surface area (Å²) in [6.07, 6.45) is 4.44. The van der Waals surface area contributed by atoms with Crippen LogP contribution in [-0.4, -0.2) is 30.2 Å². The van der Waals surface area contributed by atoms with Crippen LogP contribution in [0.2, 0.25) is 0 Å². The topological polar surface area (TPSA) is 84.9 Å². The Bertz CT molecular complexity index is 827. The summed E-state index contributed by atoms with van der Waals surface area (Å²) in [6.45, 7) is 0. The van der Waals surface area contributed by atoms with Gasteiger partial charge in [-0.2, -0.15) is 0 Å². The van der Waals surface area contributed by atoms with Crippen LogP contribution in [0.4, 0.5) is 5.69 Å². The van der Waals surface area contributed by atoms with Crippen molar-refractivity contribution in [1.82, 2.24) is 0 Å². The predicted molar refractivity (Wildman–Crippen MR) is 102 cm³/mol. The number of benzene rings is 2. The number of methoxy groups -OCH3 is 1. The van der Waals surface area contributed by atoms with Crippen LogP contribution in [0.5, 0.6) is 11.5 Å². The van der Waals surface area contributed by atoms with Crippen LogP contribution in [0.3, 0.4) is 0 Å². The molecule has 2 aromatic carbocycles. The number of para-hydroxylation sites is 1. The van der Waals surface area contributed by atoms with E-state index in [1.165, 1.54) is 12.8 Å². The standard InChI is InChI=1S/C21H23NO5/c1-26-19-12-15(10-11-18(19)27-16-7-3-4-8-16)21(25)22-17-9-5-2-6-14(17)13-20(23)24/h2,5-6,9-12,16H,3-4,7-8,13H2,1H3,(H,22,25)(H,23,24). The average molecular weight is 369 g/mol. The molecule has 0 saturated heterocycles. The molecule has 0 aromatic heterocycles. The summed E-state index contributed by atoms with van der Waals surface area (Å²) in [7, 11) is 1.54. The Balaban J connectivity index is 1.76. The molecule has 0 atom stereocenters. The second-order valence-corrected chi connectivity index (χ2v) is 6.57. The molecule has 0 unspecified atom stereocenters. The van der Waals surface area contributed by atoms with Crippen LogP contribution in [0.1, 0.15) is 41.6 Å². The fourth-order valence-electron chi connectivity index (χ4n) is 3.25. The summed E-state index contributed by atoms with van der Waals surface area (Å²) < 4.78 is 11.4. The number of aliphatic carboxylic acids is 1. The molecule has 1 aliphatic rings. The molecule has 0 bridgehead atoms. The van der Waals surface area contributed by atoms with Gasteiger partial charge in [0.15, 0.2) is 11.5 Å². The molecule has 6 heteroatoms. The minimum atomic E-state index is -0.952. The monoisotopic (exact) mass is 369 g/mol. The van der Waals surface area contributed by atoms with E-state index in [0.29, 0.717) is 28.3 Å². The van der Waals surface area contributed by atoms with Gasteiger partial charge < -0.3 is 19.9 Å². The zero-order valence-electron chi connectivity index (χ0n) is 15.2. The van der Waals surface area contributed by atoms with Crippen molar-refractivity contribution in [2.45, 2.75) is 38.2 Å². The third-order valence-corrected chi connectivity index (χ3v) is 4.63. The highest BCUT2D eigenvalue weighted by atomic mass is 16.5. The van der Waals surface area contributed by atoms with Gasteiger partial charge in [-0.3, -0.25) is 9.59 Å². The third kappa shape index (κ3) is 4.78. The second kappa shape index (κ2) is 8.58. The van der Waals surface area contributed by atoms with E-state index in [1.807, 2.05) is 0 Å². The minimum absolute atomic E-state index is 0.159. The van der Waals surface area contributed by atoms with Gasteiger partial charge in [-0.05, 0) is 55.5 Å². The first kappa shape index (κ1) is 18.8. The average Bonchev–Trinajstić information content (AvgIpc) is 3.16. The maximum atomic E-state index is 12.6. The van der Waals surface area contributed by atoms with Crippen molar-refractivity contribution in [2.24, 2.45) is 0 Å². The highest BCUT2D eigenvalue weighted by molar-refractivity contribution is 6.05. The number of rotatable bonds is 7. The third-order valence-electron chi connectivity index (χ3n) is 4.63. The molecule has 142 valence electrons. The second-order valence-electron chi connectivity index (χ2n) is 6.57. The number of carboxylic acids is 1. The van der Waals surface area contributed by atoms with E-state index in [0.717, 1.165) is 12.8 Å². The maximum absolute atomic E-state index is 12.6. The summed E-state index contributed by atoms with van der Waals surface area (Å²) in [5.74, 6) is -0.147. The van der Waals surface area contributed by atoms with Crippen molar-refractivity contribution in [2.75, 3.05) is 12.4 Å². The van der Waals surface area contributed by atoms with Gasteiger partial charge in [0.05, 0.1) is 19.6 Å². The Morgan fingerprint density at radius 3 is 2.56 bits per heavy atom. The quantitative estimate of drug-likeness (QED) is 0.773. The number of hydrogen-bond donors (Lipinski definition) is 2. The van der Waals surface area contributed by atoms with Crippen LogP contribution in [0.15, 0.2) is 42.5 Å². The number of ether oxygens (including phenoxy) is 2. The van der Waals surface area contributed by atoms with E-state index in [-0.39, 0.29) is 18.4 Å². The van der Waals surface area contributed by atoms with Gasteiger partial charge in [0, 0.05) is 11.3 Å². The largest absolute Gasteiger partial charge is 0.493 e. The van der Waals surface area contributed by atoms with Gasteiger partial charge in [-0.1, -0.05) is 18.2 Å². The van der Waals surface area contributed by atoms with Crippen molar-refractivity contribution < 1.29 is 24.2 Å². The van der Waals surface area contributed by atoms with Crippen molar-refractivity contribution in [3.05, 3.63) is 53.6 Å². The van der Waals surface area contributed by atoms with Crippen molar-refractivity contribution in [3.63, 3.8) is 0 Å². The maximum Gasteiger partial charge on any atom is 0.307 e. The first-order valence-corrected chi connectivity index (χ1v) is 9.02. The molecule has 3 rings (SSSR count). The van der Waals surface area contributed by atoms with E-state index >= 15 is 0 Å². The number of hydrogen-bond acceptors (Lipinski definition) is 4. The molecule has 0 heterocycles. The lowest BCUT2D eigenvalue weighted by Gasteiger charge is -2.17. The molecular weight excluding hydrogens is 346 g/mol. The zero-order chi connectivity index (χ0) is 19.2. The highest BCUT2D eigenvalue weighted by Gasteiger charge is 2.19. The van der Waals surface area contributed by atoms with Crippen molar-refractivity contribution in [3.8, 4) is 11.5 Å². The normalized spacial score (nSPS) is 14.0. The van der Waals surface area contributed by atoms with Crippen LogP contribution < -0.4 is 14.8 Å². The molecule has 0 aliphatic heterocycles. The Morgan fingerprint density at radius 1 is 1.11 bits per heavy atom. The lowest BCUT2D eigenvalue weighted by atomic mass is 10.1. The predicted octanol–water partition coefficient (Wildman–Crippen LogP) is 3.90. The Hall–Kier alpha value is -3.02. The van der Waals surface area contributed by atoms with Gasteiger partial charge >= 0.3 is 5.97 Å². The molecule has 0 radical (unpaired) electrons. The molecule has 1 aliphatic carbocycles. The lowest BCUT2D eigenvalue weighted by Crippen LogP contribution is -2.15. The molecular formula is C21H23NO5. The van der Waals surface area contributed by atoms with Crippen LogP contribution in [0, 0.1) is 0 Å². The Kier molecular flexibility index (Phi) is 5.96. The van der Waals surface area contributed by atoms with Gasteiger partial charge in [0.25, 0.3) is 5.91 Å². The number of carboxylic acid groups (broad SMARTS) is 1. The molecule has 2 aromatic rings. The zero-order valence-corrected chi connectivity index (χ0v) is 15.2. The summed E-state index contributed by atoms with van der Waals surface area (Å²) in [6, 6.07) is 11.9. The SMILES string of the molecule is COc1cc(C(=O)Nc2ccccc2CC(=O)O)ccc1OC1CCCC1. The molecule has 27 heavy (non-hydrogen) atoms. The van der Waals surface area contributed by atoms with Gasteiger partial charge in [0.1, 0.15) is 0 Å². The van der Waals surface area contributed by atoms with Gasteiger partial charge in [0.2, 0.25) is 0 Å². The summed E-state index contributed by atoms with van der Waals surface area (Å²) in [4.78, 5) is 23.6. The van der Waals surface area contributed by atoms with E-state index in [2.05, 4.69) is 5.32 Å². The van der Waals surface area contributed by atoms with E-state index < -0.39 is 5.97 Å². The fourth-order valence-corrected chi connectivity index (χ4v) is 3.25. The lowest BCUT2D eigenvalue weighted by molar-refractivity contribution is -0.136. The van der Waals surface area contributed by atoms with Crippen LogP contribution in [-0.2, 0) is 11.2 Å². The number of carbonyl (C=O) groups excluding carboxylic acids is 1. The number of amides is 1. The minimum Gasteiger partial charge on any atom is -0.493 e. The molecule has 0 spiro atoms. The number of nitrogens with one attached hydrogen (secondary N) is 1. The summed E-state index contributed by atoms with van der Waals surface area (Å²) in [5, 5.41) is 11.8. The van der Waals surface area contributed by atoms with Gasteiger partial charge in [-0.25, -0.2) is 0 Å². The van der Waals surface area contributed by atoms with Gasteiger partial charge in [-0.15, -0.1) is 0 Å². The van der Waals surface area contributed by atoms with Crippen molar-refractivity contribution >= 4 is 17.6 Å². The molecule has 1 amide bonds. The number of anilines is 1. The first-order valence-electron chi connectivity index (χ1n) is 9.02. The summed E-state index contributed by atoms with van der Waals surface area (Å²) in [5.41, 5.74) is 1.44. The number of carbonyl (C=O) groups is 2. The highest BCUT2D eigenvalue weighted by Crippen LogP contribution is 2.32. The van der Waals surface area contributed by atoms with E-state index in [9.17, 15) is 9.59 Å². The van der Waals surface area contributed by atoms with Crippen molar-refractivity contribution in [1.29, 1.82) is 0 Å². The fraction of sp³-hybridized carbons (Fsp3) is 0.333. The Morgan fingerprint density at radius 2 is 1.85 bits per heavy atom. The molecule has 6 nitrogen and oxygen atoms in total. The van der Waals surface area contributed by atoms with E-state index in [1.54, 1.807) is 49.6 Å². The molecule has 1 saturated carbocycles. The first-order chi connectivity index (χ1) is 13.1. The van der Waals surface area contributed by atoms with E-state index in [4.69, 9.17) is 14.6 Å². The molecule has 2 N–H and O–H groups in total. The van der Waals surface area contributed by atoms with Crippen LogP contribution in [0.25, 0.3) is 0 Å². The smallest absolute Gasteiger partial charge is 0.307 e.